The van der Waals surface area contributed by atoms with Gasteiger partial charge in [0, 0.05) is 17.1 Å². The van der Waals surface area contributed by atoms with Crippen LogP contribution < -0.4 is 11.1 Å². The molecule has 1 fully saturated rings. The second-order valence-electron chi connectivity index (χ2n) is 5.87. The molecule has 1 aromatic carbocycles. The Morgan fingerprint density at radius 1 is 1.40 bits per heavy atom. The molecule has 4 rings (SSSR count). The number of carbonyl (C=O) groups is 1. The third kappa shape index (κ3) is 3.46. The number of benzene rings is 1. The Morgan fingerprint density at radius 3 is 2.88 bits per heavy atom. The first-order chi connectivity index (χ1) is 12.1. The number of fused-ring (bicyclic) bond motifs is 1. The molecule has 3 aromatic rings. The first kappa shape index (κ1) is 16.3. The minimum Gasteiger partial charge on any atom is -0.367 e. The maximum atomic E-state index is 11.1. The standard InChI is InChI=1S/C16H16ClN5O2S/c17-10-3-1-9(2-4-10)12-8-22-16(20-12)25-15(21-22)19-7-11-5-6-13(24-11)14(18)23/h1-4,8,11,13H,5-7H2,(H2,18,23)(H,19,21). The van der Waals surface area contributed by atoms with Gasteiger partial charge < -0.3 is 15.8 Å². The summed E-state index contributed by atoms with van der Waals surface area (Å²) in [5.41, 5.74) is 7.11. The maximum absolute atomic E-state index is 11.1. The van der Waals surface area contributed by atoms with Gasteiger partial charge in [0.2, 0.25) is 16.0 Å². The van der Waals surface area contributed by atoms with Gasteiger partial charge in [-0.25, -0.2) is 9.50 Å². The number of nitrogens with two attached hydrogens (primary N) is 1. The molecule has 2 aromatic heterocycles. The fourth-order valence-electron chi connectivity index (χ4n) is 2.80. The lowest BCUT2D eigenvalue weighted by molar-refractivity contribution is -0.128. The number of rotatable bonds is 5. The molecule has 2 atom stereocenters. The zero-order chi connectivity index (χ0) is 17.4. The molecule has 0 aliphatic carbocycles. The number of nitrogens with zero attached hydrogens (tertiary/aromatic N) is 3. The summed E-state index contributed by atoms with van der Waals surface area (Å²) in [6, 6.07) is 7.54. The van der Waals surface area contributed by atoms with Crippen molar-refractivity contribution in [1.82, 2.24) is 14.6 Å². The van der Waals surface area contributed by atoms with Gasteiger partial charge >= 0.3 is 0 Å². The minimum atomic E-state index is -0.470. The third-order valence-electron chi connectivity index (χ3n) is 4.09. The number of anilines is 1. The van der Waals surface area contributed by atoms with Crippen molar-refractivity contribution in [1.29, 1.82) is 0 Å². The first-order valence-electron chi connectivity index (χ1n) is 7.89. The topological polar surface area (TPSA) is 94.5 Å². The van der Waals surface area contributed by atoms with Crippen LogP contribution in [0.2, 0.25) is 5.02 Å². The molecule has 3 N–H and O–H groups in total. The quantitative estimate of drug-likeness (QED) is 0.712. The second kappa shape index (κ2) is 6.62. The number of primary amides is 1. The number of ether oxygens (including phenoxy) is 1. The molecular formula is C16H16ClN5O2S. The predicted octanol–water partition coefficient (Wildman–Crippen LogP) is 2.56. The summed E-state index contributed by atoms with van der Waals surface area (Å²) in [5, 5.41) is 9.18. The fourth-order valence-corrected chi connectivity index (χ4v) is 3.71. The lowest BCUT2D eigenvalue weighted by Gasteiger charge is -2.11. The largest absolute Gasteiger partial charge is 0.367 e. The minimum absolute atomic E-state index is 0.0293. The summed E-state index contributed by atoms with van der Waals surface area (Å²) in [5.74, 6) is -0.398. The number of nitrogens with one attached hydrogen (secondary N) is 1. The van der Waals surface area contributed by atoms with Gasteiger partial charge in [0.15, 0.2) is 0 Å². The van der Waals surface area contributed by atoms with Crippen LogP contribution in [0.25, 0.3) is 16.2 Å². The van der Waals surface area contributed by atoms with Crippen molar-refractivity contribution in [2.24, 2.45) is 5.73 Å². The molecular weight excluding hydrogens is 362 g/mol. The van der Waals surface area contributed by atoms with Crippen molar-refractivity contribution < 1.29 is 9.53 Å². The van der Waals surface area contributed by atoms with E-state index in [4.69, 9.17) is 22.1 Å². The van der Waals surface area contributed by atoms with E-state index in [-0.39, 0.29) is 6.10 Å². The molecule has 1 aliphatic rings. The van der Waals surface area contributed by atoms with Crippen LogP contribution in [-0.2, 0) is 9.53 Å². The molecule has 130 valence electrons. The van der Waals surface area contributed by atoms with Gasteiger partial charge in [-0.2, -0.15) is 0 Å². The van der Waals surface area contributed by atoms with E-state index in [9.17, 15) is 4.79 Å². The number of aromatic nitrogens is 3. The van der Waals surface area contributed by atoms with Crippen molar-refractivity contribution in [3.8, 4) is 11.3 Å². The summed E-state index contributed by atoms with van der Waals surface area (Å²) < 4.78 is 7.34. The molecule has 0 spiro atoms. The van der Waals surface area contributed by atoms with Crippen molar-refractivity contribution in [2.45, 2.75) is 25.0 Å². The van der Waals surface area contributed by atoms with Crippen LogP contribution in [0, 0.1) is 0 Å². The van der Waals surface area contributed by atoms with Crippen molar-refractivity contribution in [3.63, 3.8) is 0 Å². The summed E-state index contributed by atoms with van der Waals surface area (Å²) in [7, 11) is 0. The van der Waals surface area contributed by atoms with E-state index in [0.29, 0.717) is 18.0 Å². The summed E-state index contributed by atoms with van der Waals surface area (Å²) in [6.07, 6.45) is 2.87. The molecule has 0 bridgehead atoms. The van der Waals surface area contributed by atoms with E-state index in [0.717, 1.165) is 27.8 Å². The number of hydrogen-bond acceptors (Lipinski definition) is 6. The number of halogens is 1. The molecule has 9 heteroatoms. The lowest BCUT2D eigenvalue weighted by Crippen LogP contribution is -2.30. The predicted molar refractivity (Wildman–Crippen MR) is 96.9 cm³/mol. The normalized spacial score (nSPS) is 20.2. The van der Waals surface area contributed by atoms with Crippen LogP contribution in [0.1, 0.15) is 12.8 Å². The number of carbonyl (C=O) groups excluding carboxylic acids is 1. The third-order valence-corrected chi connectivity index (χ3v) is 5.22. The Labute approximate surface area is 152 Å². The molecule has 1 aliphatic heterocycles. The van der Waals surface area contributed by atoms with Crippen LogP contribution >= 0.6 is 22.9 Å². The van der Waals surface area contributed by atoms with Crippen molar-refractivity contribution in [3.05, 3.63) is 35.5 Å². The highest BCUT2D eigenvalue weighted by molar-refractivity contribution is 7.20. The van der Waals surface area contributed by atoms with Crippen LogP contribution in [0.4, 0.5) is 5.13 Å². The molecule has 1 amide bonds. The van der Waals surface area contributed by atoms with Crippen LogP contribution in [0.3, 0.4) is 0 Å². The molecule has 1 saturated heterocycles. The molecule has 7 nitrogen and oxygen atoms in total. The van der Waals surface area contributed by atoms with Crippen LogP contribution in [-0.4, -0.2) is 39.3 Å². The fraction of sp³-hybridized carbons (Fsp3) is 0.312. The van der Waals surface area contributed by atoms with Gasteiger partial charge in [-0.05, 0) is 25.0 Å². The Bertz CT molecular complexity index is 876. The van der Waals surface area contributed by atoms with Crippen molar-refractivity contribution >= 4 is 38.9 Å². The van der Waals surface area contributed by atoms with Crippen LogP contribution in [0.5, 0.6) is 0 Å². The monoisotopic (exact) mass is 377 g/mol. The SMILES string of the molecule is NC(=O)C1CCC(CNc2nn3cc(-c4ccc(Cl)cc4)nc3s2)O1. The summed E-state index contributed by atoms with van der Waals surface area (Å²) >= 11 is 7.38. The van der Waals surface area contributed by atoms with E-state index in [1.165, 1.54) is 11.3 Å². The molecule has 3 heterocycles. The Morgan fingerprint density at radius 2 is 2.20 bits per heavy atom. The van der Waals surface area contributed by atoms with Gasteiger partial charge in [-0.1, -0.05) is 35.1 Å². The second-order valence-corrected chi connectivity index (χ2v) is 7.27. The Hall–Kier alpha value is -2.16. The zero-order valence-corrected chi connectivity index (χ0v) is 14.8. The molecule has 2 unspecified atom stereocenters. The van der Waals surface area contributed by atoms with E-state index in [1.807, 2.05) is 30.5 Å². The smallest absolute Gasteiger partial charge is 0.246 e. The van der Waals surface area contributed by atoms with Gasteiger partial charge in [0.1, 0.15) is 6.10 Å². The zero-order valence-electron chi connectivity index (χ0n) is 13.2. The number of hydrogen-bond donors (Lipinski definition) is 2. The van der Waals surface area contributed by atoms with Gasteiger partial charge in [0.25, 0.3) is 0 Å². The summed E-state index contributed by atoms with van der Waals surface area (Å²) in [6.45, 7) is 0.588. The van der Waals surface area contributed by atoms with E-state index >= 15 is 0 Å². The van der Waals surface area contributed by atoms with E-state index in [1.54, 1.807) is 4.52 Å². The first-order valence-corrected chi connectivity index (χ1v) is 9.09. The van der Waals surface area contributed by atoms with Gasteiger partial charge in [-0.15, -0.1) is 5.10 Å². The van der Waals surface area contributed by atoms with Gasteiger partial charge in [-0.3, -0.25) is 4.79 Å². The maximum Gasteiger partial charge on any atom is 0.246 e. The Balaban J connectivity index is 1.41. The molecule has 0 saturated carbocycles. The van der Waals surface area contributed by atoms with E-state index < -0.39 is 12.0 Å². The highest BCUT2D eigenvalue weighted by Crippen LogP contribution is 2.26. The highest BCUT2D eigenvalue weighted by atomic mass is 35.5. The summed E-state index contributed by atoms with van der Waals surface area (Å²) in [4.78, 5) is 16.5. The average molecular weight is 378 g/mol. The number of imidazole rings is 1. The molecule has 0 radical (unpaired) electrons. The number of amides is 1. The van der Waals surface area contributed by atoms with Crippen molar-refractivity contribution in [2.75, 3.05) is 11.9 Å². The van der Waals surface area contributed by atoms with E-state index in [2.05, 4.69) is 15.4 Å². The van der Waals surface area contributed by atoms with Gasteiger partial charge in [0.05, 0.1) is 18.0 Å². The average Bonchev–Trinajstić information content (AvgIpc) is 3.28. The molecule has 25 heavy (non-hydrogen) atoms. The van der Waals surface area contributed by atoms with Crippen LogP contribution in [0.15, 0.2) is 30.5 Å². The highest BCUT2D eigenvalue weighted by Gasteiger charge is 2.29. The lowest BCUT2D eigenvalue weighted by atomic mass is 10.2. The Kier molecular flexibility index (Phi) is 4.32.